The van der Waals surface area contributed by atoms with Crippen LogP contribution in [0.2, 0.25) is 0 Å². The summed E-state index contributed by atoms with van der Waals surface area (Å²) in [6.07, 6.45) is 8.02. The number of rotatable bonds is 3. The maximum atomic E-state index is 12.9. The van der Waals surface area contributed by atoms with E-state index in [4.69, 9.17) is 4.99 Å². The molecule has 1 atom stereocenters. The minimum absolute atomic E-state index is 0.149. The summed E-state index contributed by atoms with van der Waals surface area (Å²) in [5, 5.41) is 0. The average Bonchev–Trinajstić information content (AvgIpc) is 2.82. The van der Waals surface area contributed by atoms with Crippen LogP contribution in [0.4, 0.5) is 0 Å². The molecule has 4 fully saturated rings. The Morgan fingerprint density at radius 2 is 1.75 bits per heavy atom. The Labute approximate surface area is 176 Å². The van der Waals surface area contributed by atoms with Crippen molar-refractivity contribution in [2.75, 3.05) is 0 Å². The molecule has 1 aliphatic heterocycles. The highest BCUT2D eigenvalue weighted by molar-refractivity contribution is 9.10. The predicted molar refractivity (Wildman–Crippen MR) is 116 cm³/mol. The van der Waals surface area contributed by atoms with Gasteiger partial charge in [-0.2, -0.15) is 0 Å². The first-order chi connectivity index (χ1) is 13.3. The van der Waals surface area contributed by atoms with Gasteiger partial charge < -0.3 is 0 Å². The van der Waals surface area contributed by atoms with Gasteiger partial charge in [0.2, 0.25) is 0 Å². The largest absolute Gasteiger partial charge is 0.264 e. The quantitative estimate of drug-likeness (QED) is 0.677. The van der Waals surface area contributed by atoms with Crippen LogP contribution in [0.5, 0.6) is 0 Å². The number of amidine groups is 1. The van der Waals surface area contributed by atoms with Crippen LogP contribution in [-0.4, -0.2) is 20.3 Å². The second-order valence-electron chi connectivity index (χ2n) is 9.50. The summed E-state index contributed by atoms with van der Waals surface area (Å²) in [5.74, 6) is 3.13. The third kappa shape index (κ3) is 2.98. The first-order valence-corrected chi connectivity index (χ1v) is 12.6. The molecule has 150 valence electrons. The van der Waals surface area contributed by atoms with Gasteiger partial charge in [-0.25, -0.2) is 8.42 Å². The van der Waals surface area contributed by atoms with Gasteiger partial charge in [-0.1, -0.05) is 28.1 Å². The number of hydrogen-bond acceptors (Lipinski definition) is 3. The van der Waals surface area contributed by atoms with Gasteiger partial charge in [-0.3, -0.25) is 9.71 Å². The summed E-state index contributed by atoms with van der Waals surface area (Å²) in [6.45, 7) is 4.08. The van der Waals surface area contributed by atoms with E-state index in [2.05, 4.69) is 27.6 Å². The highest BCUT2D eigenvalue weighted by Crippen LogP contribution is 2.61. The maximum absolute atomic E-state index is 12.9. The number of benzene rings is 1. The number of nitrogens with zero attached hydrogens (tertiary/aromatic N) is 1. The van der Waals surface area contributed by atoms with Gasteiger partial charge in [0.1, 0.15) is 10.7 Å². The van der Waals surface area contributed by atoms with Crippen LogP contribution in [-0.2, 0) is 10.0 Å². The number of hydrogen-bond donors (Lipinski definition) is 1. The third-order valence-corrected chi connectivity index (χ3v) is 9.61. The van der Waals surface area contributed by atoms with E-state index in [1.165, 1.54) is 38.5 Å². The summed E-state index contributed by atoms with van der Waals surface area (Å²) >= 11 is 3.44. The highest BCUT2D eigenvalue weighted by atomic mass is 79.9. The molecular weight excluding hydrogens is 436 g/mol. The Morgan fingerprint density at radius 3 is 2.32 bits per heavy atom. The van der Waals surface area contributed by atoms with Crippen LogP contribution in [0.3, 0.4) is 0 Å². The van der Waals surface area contributed by atoms with Gasteiger partial charge >= 0.3 is 0 Å². The summed E-state index contributed by atoms with van der Waals surface area (Å²) in [7, 11) is -3.58. The topological polar surface area (TPSA) is 58.5 Å². The maximum Gasteiger partial charge on any atom is 0.264 e. The van der Waals surface area contributed by atoms with Crippen LogP contribution >= 0.6 is 15.9 Å². The molecule has 5 aliphatic rings. The van der Waals surface area contributed by atoms with Crippen LogP contribution in [0.25, 0.3) is 4.91 Å². The molecule has 1 heterocycles. The second-order valence-corrected chi connectivity index (χ2v) is 12.0. The van der Waals surface area contributed by atoms with E-state index in [9.17, 15) is 8.42 Å². The lowest BCUT2D eigenvalue weighted by molar-refractivity contribution is -0.0633. The first-order valence-electron chi connectivity index (χ1n) is 10.3. The fourth-order valence-corrected chi connectivity index (χ4v) is 8.61. The third-order valence-electron chi connectivity index (χ3n) is 7.58. The fourth-order valence-electron chi connectivity index (χ4n) is 6.71. The van der Waals surface area contributed by atoms with Gasteiger partial charge in [-0.05, 0) is 93.2 Å². The summed E-state index contributed by atoms with van der Waals surface area (Å²) in [5.41, 5.74) is 1.70. The van der Waals surface area contributed by atoms with E-state index in [1.807, 2.05) is 31.2 Å². The van der Waals surface area contributed by atoms with Crippen molar-refractivity contribution in [3.05, 3.63) is 39.9 Å². The van der Waals surface area contributed by atoms with Crippen molar-refractivity contribution in [3.8, 4) is 0 Å². The summed E-state index contributed by atoms with van der Waals surface area (Å²) < 4.78 is 29.3. The molecule has 4 aliphatic carbocycles. The van der Waals surface area contributed by atoms with E-state index in [0.29, 0.717) is 16.3 Å². The lowest BCUT2D eigenvalue weighted by Crippen LogP contribution is -2.50. The van der Waals surface area contributed by atoms with Gasteiger partial charge in [0.25, 0.3) is 10.0 Å². The molecule has 4 saturated carbocycles. The summed E-state index contributed by atoms with van der Waals surface area (Å²) in [6, 6.07) is 7.61. The lowest BCUT2D eigenvalue weighted by Gasteiger charge is -2.58. The number of halogens is 1. The Bertz CT molecular complexity index is 960. The molecular formula is C22H27BrN2O2S. The highest BCUT2D eigenvalue weighted by Gasteiger charge is 2.53. The second kappa shape index (κ2) is 6.43. The van der Waals surface area contributed by atoms with Crippen molar-refractivity contribution in [3.63, 3.8) is 0 Å². The van der Waals surface area contributed by atoms with Crippen LogP contribution in [0.15, 0.2) is 39.3 Å². The first kappa shape index (κ1) is 18.9. The molecule has 0 radical (unpaired) electrons. The summed E-state index contributed by atoms with van der Waals surface area (Å²) in [4.78, 5) is 5.35. The molecule has 4 nitrogen and oxygen atoms in total. The molecule has 4 bridgehead atoms. The van der Waals surface area contributed by atoms with Crippen molar-refractivity contribution < 1.29 is 8.42 Å². The molecule has 0 saturated heterocycles. The van der Waals surface area contributed by atoms with Gasteiger partial charge in [0.15, 0.2) is 0 Å². The average molecular weight is 463 g/mol. The molecule has 0 amide bonds. The molecule has 1 N–H and O–H groups in total. The van der Waals surface area contributed by atoms with E-state index in [-0.39, 0.29) is 11.5 Å². The van der Waals surface area contributed by atoms with Gasteiger partial charge in [0, 0.05) is 10.0 Å². The Kier molecular flexibility index (Phi) is 4.33. The van der Waals surface area contributed by atoms with Crippen molar-refractivity contribution in [1.29, 1.82) is 0 Å². The monoisotopic (exact) mass is 462 g/mol. The van der Waals surface area contributed by atoms with Gasteiger partial charge in [0.05, 0.1) is 6.04 Å². The fraction of sp³-hybridized carbons (Fsp3) is 0.591. The number of aliphatic imine (C=N–C) groups is 1. The predicted octanol–water partition coefficient (Wildman–Crippen LogP) is 5.12. The van der Waals surface area contributed by atoms with Crippen molar-refractivity contribution >= 4 is 36.7 Å². The Morgan fingerprint density at radius 1 is 1.14 bits per heavy atom. The number of nitrogens with one attached hydrogen (secondary N) is 1. The Hall–Kier alpha value is -1.14. The van der Waals surface area contributed by atoms with E-state index in [1.54, 1.807) is 0 Å². The minimum atomic E-state index is -3.58. The van der Waals surface area contributed by atoms with Crippen LogP contribution < -0.4 is 4.72 Å². The van der Waals surface area contributed by atoms with Crippen molar-refractivity contribution in [2.24, 2.45) is 28.2 Å². The minimum Gasteiger partial charge on any atom is -0.264 e. The molecule has 6 rings (SSSR count). The molecule has 0 aromatic heterocycles. The van der Waals surface area contributed by atoms with E-state index >= 15 is 0 Å². The molecule has 0 spiro atoms. The molecule has 1 aromatic carbocycles. The molecule has 0 unspecified atom stereocenters. The van der Waals surface area contributed by atoms with Crippen molar-refractivity contribution in [2.45, 2.75) is 58.4 Å². The molecule has 6 heteroatoms. The normalized spacial score (nSPS) is 38.1. The smallest absolute Gasteiger partial charge is 0.264 e. The standard InChI is InChI=1S/C22H27BrN2O2S/c1-13-20(18-4-3-5-19(23)9-18)28(26,27)25-21(13)24-14(2)22-10-15-6-16(11-22)8-17(7-15)12-22/h3-5,9,14-17H,6-8,10-12H2,1-2H3,(H,24,25)/t14-,15?,16?,17?,22?/m1/s1. The SMILES string of the molecule is CC1=C(c2cccc(Br)c2)S(=O)(=O)NC1=N[C@H](C)C12CC3CC(CC(C3)C1)C2. The zero-order valence-corrected chi connectivity index (χ0v) is 18.8. The van der Waals surface area contributed by atoms with Crippen LogP contribution in [0, 0.1) is 23.2 Å². The molecule has 28 heavy (non-hydrogen) atoms. The Balaban J connectivity index is 1.50. The van der Waals surface area contributed by atoms with Crippen molar-refractivity contribution in [1.82, 2.24) is 4.72 Å². The van der Waals surface area contributed by atoms with E-state index < -0.39 is 10.0 Å². The van der Waals surface area contributed by atoms with E-state index in [0.717, 1.165) is 27.8 Å². The number of sulfonamides is 1. The zero-order chi connectivity index (χ0) is 19.7. The zero-order valence-electron chi connectivity index (χ0n) is 16.4. The van der Waals surface area contributed by atoms with Gasteiger partial charge in [-0.15, -0.1) is 0 Å². The molecule has 1 aromatic rings. The van der Waals surface area contributed by atoms with Crippen LogP contribution in [0.1, 0.15) is 57.9 Å². The lowest BCUT2D eigenvalue weighted by atomic mass is 9.48.